The molecule has 78 valence electrons. The van der Waals surface area contributed by atoms with Crippen LogP contribution in [0.25, 0.3) is 10.9 Å². The first-order chi connectivity index (χ1) is 7.02. The molecule has 0 unspecified atom stereocenters. The summed E-state index contributed by atoms with van der Waals surface area (Å²) in [6, 6.07) is 2.05. The highest BCUT2D eigenvalue weighted by molar-refractivity contribution is 9.11. The first-order valence-electron chi connectivity index (χ1n) is 4.41. The van der Waals surface area contributed by atoms with Crippen molar-refractivity contribution in [2.75, 3.05) is 0 Å². The van der Waals surface area contributed by atoms with Gasteiger partial charge in [0.1, 0.15) is 0 Å². The lowest BCUT2D eigenvalue weighted by molar-refractivity contribution is 1.32. The van der Waals surface area contributed by atoms with Crippen molar-refractivity contribution in [1.29, 1.82) is 0 Å². The van der Waals surface area contributed by atoms with Crippen molar-refractivity contribution in [2.24, 2.45) is 0 Å². The average Bonchev–Trinajstić information content (AvgIpc) is 2.20. The highest BCUT2D eigenvalue weighted by atomic mass is 79.9. The molecule has 1 aromatic heterocycles. The van der Waals surface area contributed by atoms with Gasteiger partial charge in [0, 0.05) is 20.5 Å². The Labute approximate surface area is 110 Å². The van der Waals surface area contributed by atoms with Gasteiger partial charge in [0.05, 0.1) is 10.5 Å². The van der Waals surface area contributed by atoms with Crippen LogP contribution in [0.15, 0.2) is 21.2 Å². The molecule has 0 amide bonds. The molecule has 0 saturated carbocycles. The standard InChI is InChI=1S/C11H8Br2ClN/c1-5-3-8-9(6(2)10(5)12)11(13)7(14)4-15-8/h3-4H,1-2H3. The fraction of sp³-hybridized carbons (Fsp3) is 0.182. The van der Waals surface area contributed by atoms with Gasteiger partial charge in [0.2, 0.25) is 0 Å². The number of aryl methyl sites for hydroxylation is 2. The minimum absolute atomic E-state index is 0.640. The van der Waals surface area contributed by atoms with E-state index in [9.17, 15) is 0 Å². The number of hydrogen-bond donors (Lipinski definition) is 0. The van der Waals surface area contributed by atoms with Gasteiger partial charge in [0.25, 0.3) is 0 Å². The molecule has 15 heavy (non-hydrogen) atoms. The lowest BCUT2D eigenvalue weighted by Crippen LogP contribution is -1.89. The molecule has 4 heteroatoms. The van der Waals surface area contributed by atoms with Gasteiger partial charge in [-0.3, -0.25) is 4.98 Å². The minimum atomic E-state index is 0.640. The number of nitrogens with zero attached hydrogens (tertiary/aromatic N) is 1. The molecule has 0 aliphatic heterocycles. The maximum Gasteiger partial charge on any atom is 0.0737 e. The molecular formula is C11H8Br2ClN. The Morgan fingerprint density at radius 2 is 1.87 bits per heavy atom. The van der Waals surface area contributed by atoms with Gasteiger partial charge in [-0.2, -0.15) is 0 Å². The van der Waals surface area contributed by atoms with Gasteiger partial charge in [-0.25, -0.2) is 0 Å². The molecule has 2 rings (SSSR count). The van der Waals surface area contributed by atoms with Crippen LogP contribution in [0.5, 0.6) is 0 Å². The predicted molar refractivity (Wildman–Crippen MR) is 71.6 cm³/mol. The van der Waals surface area contributed by atoms with Crippen LogP contribution in [0.2, 0.25) is 5.02 Å². The lowest BCUT2D eigenvalue weighted by atomic mass is 10.1. The van der Waals surface area contributed by atoms with Crippen LogP contribution < -0.4 is 0 Å². The molecule has 1 heterocycles. The Balaban J connectivity index is 3.00. The lowest BCUT2D eigenvalue weighted by Gasteiger charge is -2.09. The first-order valence-corrected chi connectivity index (χ1v) is 6.38. The maximum absolute atomic E-state index is 6.03. The summed E-state index contributed by atoms with van der Waals surface area (Å²) in [7, 11) is 0. The fourth-order valence-corrected chi connectivity index (χ4v) is 2.68. The van der Waals surface area contributed by atoms with E-state index < -0.39 is 0 Å². The van der Waals surface area contributed by atoms with Crippen LogP contribution in [-0.4, -0.2) is 4.98 Å². The summed E-state index contributed by atoms with van der Waals surface area (Å²) in [5, 5.41) is 1.71. The van der Waals surface area contributed by atoms with Crippen LogP contribution >= 0.6 is 43.5 Å². The van der Waals surface area contributed by atoms with E-state index in [4.69, 9.17) is 11.6 Å². The van der Waals surface area contributed by atoms with E-state index in [0.29, 0.717) is 5.02 Å². The summed E-state index contributed by atoms with van der Waals surface area (Å²) in [4.78, 5) is 4.32. The van der Waals surface area contributed by atoms with Crippen LogP contribution in [0.4, 0.5) is 0 Å². The molecule has 1 nitrogen and oxygen atoms in total. The summed E-state index contributed by atoms with van der Waals surface area (Å²) in [5.41, 5.74) is 3.30. The van der Waals surface area contributed by atoms with Crippen molar-refractivity contribution in [3.8, 4) is 0 Å². The van der Waals surface area contributed by atoms with Crippen molar-refractivity contribution >= 4 is 54.4 Å². The Kier molecular flexibility index (Phi) is 3.06. The molecule has 0 bridgehead atoms. The van der Waals surface area contributed by atoms with E-state index in [1.807, 2.05) is 6.07 Å². The Morgan fingerprint density at radius 3 is 2.53 bits per heavy atom. The zero-order chi connectivity index (χ0) is 11.2. The zero-order valence-corrected chi connectivity index (χ0v) is 12.2. The van der Waals surface area contributed by atoms with E-state index in [0.717, 1.165) is 25.4 Å². The molecule has 0 N–H and O–H groups in total. The van der Waals surface area contributed by atoms with E-state index >= 15 is 0 Å². The van der Waals surface area contributed by atoms with Crippen molar-refractivity contribution in [1.82, 2.24) is 4.98 Å². The van der Waals surface area contributed by atoms with Crippen LogP contribution in [0.3, 0.4) is 0 Å². The average molecular weight is 349 g/mol. The Hall–Kier alpha value is -0.120. The zero-order valence-electron chi connectivity index (χ0n) is 8.24. The highest BCUT2D eigenvalue weighted by Crippen LogP contribution is 2.36. The number of rotatable bonds is 0. The highest BCUT2D eigenvalue weighted by Gasteiger charge is 2.11. The summed E-state index contributed by atoms with van der Waals surface area (Å²) in [5.74, 6) is 0. The third-order valence-electron chi connectivity index (χ3n) is 2.41. The van der Waals surface area contributed by atoms with Crippen molar-refractivity contribution in [3.63, 3.8) is 0 Å². The topological polar surface area (TPSA) is 12.9 Å². The molecule has 1 aromatic carbocycles. The van der Waals surface area contributed by atoms with Crippen molar-refractivity contribution in [2.45, 2.75) is 13.8 Å². The second-order valence-corrected chi connectivity index (χ2v) is 5.44. The quantitative estimate of drug-likeness (QED) is 0.650. The van der Waals surface area contributed by atoms with E-state index in [1.54, 1.807) is 6.20 Å². The van der Waals surface area contributed by atoms with Gasteiger partial charge in [0.15, 0.2) is 0 Å². The van der Waals surface area contributed by atoms with Gasteiger partial charge in [-0.1, -0.05) is 27.5 Å². The normalized spacial score (nSPS) is 11.0. The molecule has 0 spiro atoms. The van der Waals surface area contributed by atoms with Gasteiger partial charge in [-0.15, -0.1) is 0 Å². The fourth-order valence-electron chi connectivity index (χ4n) is 1.62. The number of hydrogen-bond acceptors (Lipinski definition) is 1. The Morgan fingerprint density at radius 1 is 1.20 bits per heavy atom. The van der Waals surface area contributed by atoms with Gasteiger partial charge >= 0.3 is 0 Å². The van der Waals surface area contributed by atoms with E-state index in [-0.39, 0.29) is 0 Å². The van der Waals surface area contributed by atoms with Gasteiger partial charge in [-0.05, 0) is 47.0 Å². The monoisotopic (exact) mass is 347 g/mol. The number of fused-ring (bicyclic) bond motifs is 1. The molecule has 0 atom stereocenters. The SMILES string of the molecule is Cc1cc2ncc(Cl)c(Br)c2c(C)c1Br. The van der Waals surface area contributed by atoms with Crippen molar-refractivity contribution < 1.29 is 0 Å². The largest absolute Gasteiger partial charge is 0.255 e. The Bertz CT molecular complexity index is 552. The molecular weight excluding hydrogens is 341 g/mol. The third-order valence-corrected chi connectivity index (χ3v) is 4.96. The predicted octanol–water partition coefficient (Wildman–Crippen LogP) is 5.03. The molecule has 0 aliphatic rings. The number of halogens is 3. The second kappa shape index (κ2) is 4.04. The van der Waals surface area contributed by atoms with E-state index in [1.165, 1.54) is 5.56 Å². The number of benzene rings is 1. The molecule has 0 radical (unpaired) electrons. The van der Waals surface area contributed by atoms with Crippen LogP contribution in [-0.2, 0) is 0 Å². The molecule has 0 aliphatic carbocycles. The van der Waals surface area contributed by atoms with Gasteiger partial charge < -0.3 is 0 Å². The van der Waals surface area contributed by atoms with Crippen molar-refractivity contribution in [3.05, 3.63) is 37.4 Å². The summed E-state index contributed by atoms with van der Waals surface area (Å²) >= 11 is 13.1. The summed E-state index contributed by atoms with van der Waals surface area (Å²) < 4.78 is 2.02. The smallest absolute Gasteiger partial charge is 0.0737 e. The maximum atomic E-state index is 6.03. The van der Waals surface area contributed by atoms with Crippen LogP contribution in [0.1, 0.15) is 11.1 Å². The minimum Gasteiger partial charge on any atom is -0.255 e. The first kappa shape index (κ1) is 11.4. The molecule has 2 aromatic rings. The second-order valence-electron chi connectivity index (χ2n) is 3.45. The summed E-state index contributed by atoms with van der Waals surface area (Å²) in [6.07, 6.45) is 1.67. The third kappa shape index (κ3) is 1.81. The molecule has 0 fully saturated rings. The molecule has 0 saturated heterocycles. The van der Waals surface area contributed by atoms with Crippen LogP contribution in [0, 0.1) is 13.8 Å². The summed E-state index contributed by atoms with van der Waals surface area (Å²) in [6.45, 7) is 4.11. The van der Waals surface area contributed by atoms with E-state index in [2.05, 4.69) is 50.7 Å². The number of aromatic nitrogens is 1. The number of pyridine rings is 1.